The van der Waals surface area contributed by atoms with Gasteiger partial charge in [0.15, 0.2) is 5.76 Å². The molecule has 1 amide bonds. The summed E-state index contributed by atoms with van der Waals surface area (Å²) >= 11 is 0. The highest BCUT2D eigenvalue weighted by Gasteiger charge is 2.19. The highest BCUT2D eigenvalue weighted by atomic mass is 35.5. The number of halogens is 1. The summed E-state index contributed by atoms with van der Waals surface area (Å²) in [6, 6.07) is 7.68. The molecule has 0 bridgehead atoms. The Kier molecular flexibility index (Phi) is 6.72. The number of hydrogen-bond acceptors (Lipinski definition) is 3. The number of para-hydroxylation sites is 1. The molecule has 0 aliphatic carbocycles. The van der Waals surface area contributed by atoms with Crippen LogP contribution in [0.25, 0.3) is 11.0 Å². The zero-order valence-corrected chi connectivity index (χ0v) is 13.3. The molecule has 0 saturated heterocycles. The highest BCUT2D eigenvalue weighted by molar-refractivity contribution is 5.99. The summed E-state index contributed by atoms with van der Waals surface area (Å²) in [5, 5.41) is 3.94. The van der Waals surface area contributed by atoms with Crippen LogP contribution >= 0.6 is 12.4 Å². The Morgan fingerprint density at radius 3 is 2.71 bits per heavy atom. The molecule has 0 aliphatic heterocycles. The third-order valence-electron chi connectivity index (χ3n) is 3.58. The van der Waals surface area contributed by atoms with E-state index in [-0.39, 0.29) is 24.4 Å². The Morgan fingerprint density at radius 2 is 2.10 bits per heavy atom. The van der Waals surface area contributed by atoms with E-state index in [4.69, 9.17) is 10.2 Å². The van der Waals surface area contributed by atoms with Crippen molar-refractivity contribution >= 4 is 29.3 Å². The minimum atomic E-state index is -0.176. The molecule has 21 heavy (non-hydrogen) atoms. The topological polar surface area (TPSA) is 68.3 Å². The predicted octanol–water partition coefficient (Wildman–Crippen LogP) is 3.41. The third-order valence-corrected chi connectivity index (χ3v) is 3.58. The highest BCUT2D eigenvalue weighted by Crippen LogP contribution is 2.24. The van der Waals surface area contributed by atoms with Crippen LogP contribution in [0, 0.1) is 6.92 Å². The van der Waals surface area contributed by atoms with Gasteiger partial charge in [-0.3, -0.25) is 4.79 Å². The molecule has 1 heterocycles. The van der Waals surface area contributed by atoms with Crippen molar-refractivity contribution in [2.24, 2.45) is 5.73 Å². The van der Waals surface area contributed by atoms with E-state index in [9.17, 15) is 4.79 Å². The summed E-state index contributed by atoms with van der Waals surface area (Å²) in [6.45, 7) is 4.48. The molecule has 2 rings (SSSR count). The molecular weight excluding hydrogens is 288 g/mol. The van der Waals surface area contributed by atoms with Crippen LogP contribution in [0.4, 0.5) is 0 Å². The molecule has 1 unspecified atom stereocenters. The number of carbonyl (C=O) groups is 1. The molecule has 0 radical (unpaired) electrons. The van der Waals surface area contributed by atoms with Crippen LogP contribution in [0.15, 0.2) is 28.7 Å². The molecule has 5 heteroatoms. The second-order valence-corrected chi connectivity index (χ2v) is 5.10. The second kappa shape index (κ2) is 8.05. The van der Waals surface area contributed by atoms with E-state index in [0.29, 0.717) is 12.3 Å². The van der Waals surface area contributed by atoms with E-state index in [1.54, 1.807) is 0 Å². The number of carbonyl (C=O) groups excluding carboxylic acids is 1. The van der Waals surface area contributed by atoms with Crippen LogP contribution in [0.2, 0.25) is 0 Å². The van der Waals surface area contributed by atoms with E-state index in [2.05, 4.69) is 12.2 Å². The molecule has 1 atom stereocenters. The van der Waals surface area contributed by atoms with Gasteiger partial charge >= 0.3 is 0 Å². The monoisotopic (exact) mass is 310 g/mol. The molecule has 2 aromatic rings. The van der Waals surface area contributed by atoms with Crippen LogP contribution in [-0.2, 0) is 0 Å². The zero-order chi connectivity index (χ0) is 14.5. The van der Waals surface area contributed by atoms with Crippen molar-refractivity contribution in [1.29, 1.82) is 0 Å². The maximum atomic E-state index is 12.3. The summed E-state index contributed by atoms with van der Waals surface area (Å²) in [7, 11) is 0. The first kappa shape index (κ1) is 17.5. The third kappa shape index (κ3) is 3.99. The Morgan fingerprint density at radius 1 is 1.38 bits per heavy atom. The van der Waals surface area contributed by atoms with Crippen molar-refractivity contribution in [3.63, 3.8) is 0 Å². The van der Waals surface area contributed by atoms with Gasteiger partial charge in [-0.05, 0) is 19.4 Å². The molecule has 4 nitrogen and oxygen atoms in total. The molecule has 0 spiro atoms. The molecule has 3 N–H and O–H groups in total. The number of fused-ring (bicyclic) bond motifs is 1. The molecular formula is C16H23ClN2O2. The fourth-order valence-electron chi connectivity index (χ4n) is 2.34. The molecule has 0 saturated carbocycles. The first-order valence-corrected chi connectivity index (χ1v) is 7.16. The number of furan rings is 1. The molecule has 1 aromatic carbocycles. The van der Waals surface area contributed by atoms with Crippen molar-refractivity contribution < 1.29 is 9.21 Å². The lowest BCUT2D eigenvalue weighted by Gasteiger charge is -2.15. The number of rotatable bonds is 6. The SMILES string of the molecule is CCCCC(CN)NC(=O)c1oc2ccccc2c1C.Cl. The maximum Gasteiger partial charge on any atom is 0.287 e. The lowest BCUT2D eigenvalue weighted by molar-refractivity contribution is 0.0909. The average molecular weight is 311 g/mol. The summed E-state index contributed by atoms with van der Waals surface area (Å²) < 4.78 is 5.66. The van der Waals surface area contributed by atoms with E-state index in [1.807, 2.05) is 31.2 Å². The van der Waals surface area contributed by atoms with Gasteiger partial charge in [0.05, 0.1) is 0 Å². The first-order valence-electron chi connectivity index (χ1n) is 7.16. The lowest BCUT2D eigenvalue weighted by atomic mass is 10.1. The van der Waals surface area contributed by atoms with Gasteiger partial charge in [-0.15, -0.1) is 12.4 Å². The van der Waals surface area contributed by atoms with Gasteiger partial charge in [0.2, 0.25) is 0 Å². The van der Waals surface area contributed by atoms with Gasteiger partial charge in [-0.2, -0.15) is 0 Å². The average Bonchev–Trinajstić information content (AvgIpc) is 2.81. The van der Waals surface area contributed by atoms with Crippen molar-refractivity contribution in [1.82, 2.24) is 5.32 Å². The van der Waals surface area contributed by atoms with Crippen LogP contribution < -0.4 is 11.1 Å². The van der Waals surface area contributed by atoms with Gasteiger partial charge in [-0.25, -0.2) is 0 Å². The number of amides is 1. The largest absolute Gasteiger partial charge is 0.451 e. The standard InChI is InChI=1S/C16H22N2O2.ClH/c1-3-4-7-12(10-17)18-16(19)15-11(2)13-8-5-6-9-14(13)20-15;/h5-6,8-9,12H,3-4,7,10,17H2,1-2H3,(H,18,19);1H. The first-order chi connectivity index (χ1) is 9.67. The summed E-state index contributed by atoms with van der Waals surface area (Å²) in [4.78, 5) is 12.3. The van der Waals surface area contributed by atoms with Crippen LogP contribution in [0.5, 0.6) is 0 Å². The second-order valence-electron chi connectivity index (χ2n) is 5.10. The van der Waals surface area contributed by atoms with E-state index >= 15 is 0 Å². The Balaban J connectivity index is 0.00000220. The minimum absolute atomic E-state index is 0. The quantitative estimate of drug-likeness (QED) is 0.859. The maximum absolute atomic E-state index is 12.3. The van der Waals surface area contributed by atoms with Crippen molar-refractivity contribution in [2.45, 2.75) is 39.2 Å². The molecule has 116 valence electrons. The molecule has 0 aliphatic rings. The van der Waals surface area contributed by atoms with Crippen LogP contribution in [0.1, 0.15) is 42.3 Å². The number of aryl methyl sites for hydroxylation is 1. The Labute approximate surface area is 131 Å². The number of benzene rings is 1. The normalized spacial score (nSPS) is 12.0. The number of nitrogens with one attached hydrogen (secondary N) is 1. The summed E-state index contributed by atoms with van der Waals surface area (Å²) in [6.07, 6.45) is 3.05. The Bertz CT molecular complexity index is 595. The molecule has 0 fully saturated rings. The van der Waals surface area contributed by atoms with E-state index in [1.165, 1.54) is 0 Å². The Hall–Kier alpha value is -1.52. The molecule has 1 aromatic heterocycles. The number of nitrogens with two attached hydrogens (primary N) is 1. The predicted molar refractivity (Wildman–Crippen MR) is 88.0 cm³/mol. The fraction of sp³-hybridized carbons (Fsp3) is 0.438. The summed E-state index contributed by atoms with van der Waals surface area (Å²) in [5.41, 5.74) is 7.33. The van der Waals surface area contributed by atoms with Gasteiger partial charge in [0.25, 0.3) is 5.91 Å². The lowest BCUT2D eigenvalue weighted by Crippen LogP contribution is -2.40. The van der Waals surface area contributed by atoms with E-state index < -0.39 is 0 Å². The van der Waals surface area contributed by atoms with Crippen LogP contribution in [0.3, 0.4) is 0 Å². The van der Waals surface area contributed by atoms with E-state index in [0.717, 1.165) is 35.8 Å². The minimum Gasteiger partial charge on any atom is -0.451 e. The van der Waals surface area contributed by atoms with Crippen LogP contribution in [-0.4, -0.2) is 18.5 Å². The van der Waals surface area contributed by atoms with Gasteiger partial charge in [-0.1, -0.05) is 38.0 Å². The van der Waals surface area contributed by atoms with Crippen molar-refractivity contribution in [3.05, 3.63) is 35.6 Å². The van der Waals surface area contributed by atoms with Crippen molar-refractivity contribution in [3.8, 4) is 0 Å². The fourth-order valence-corrected chi connectivity index (χ4v) is 2.34. The number of hydrogen-bond donors (Lipinski definition) is 2. The van der Waals surface area contributed by atoms with Crippen molar-refractivity contribution in [2.75, 3.05) is 6.54 Å². The summed E-state index contributed by atoms with van der Waals surface area (Å²) in [5.74, 6) is 0.214. The zero-order valence-electron chi connectivity index (χ0n) is 12.5. The van der Waals surface area contributed by atoms with Gasteiger partial charge in [0, 0.05) is 23.5 Å². The van der Waals surface area contributed by atoms with Gasteiger partial charge in [0.1, 0.15) is 5.58 Å². The number of unbranched alkanes of at least 4 members (excludes halogenated alkanes) is 1. The van der Waals surface area contributed by atoms with Gasteiger partial charge < -0.3 is 15.5 Å². The smallest absolute Gasteiger partial charge is 0.287 e.